The smallest absolute Gasteiger partial charge is 0.333 e. The van der Waals surface area contributed by atoms with Crippen LogP contribution in [0.4, 0.5) is 26.3 Å². The van der Waals surface area contributed by atoms with Gasteiger partial charge in [0.05, 0.1) is 11.1 Å². The number of nitrogens with zero attached hydrogens (tertiary/aromatic N) is 2. The highest BCUT2D eigenvalue weighted by Gasteiger charge is 2.39. The van der Waals surface area contributed by atoms with Crippen LogP contribution in [0.2, 0.25) is 5.02 Å². The van der Waals surface area contributed by atoms with E-state index >= 15 is 0 Å². The van der Waals surface area contributed by atoms with Gasteiger partial charge in [0.25, 0.3) is 5.91 Å². The number of amides is 1. The Bertz CT molecular complexity index is 1200. The van der Waals surface area contributed by atoms with E-state index < -0.39 is 41.0 Å². The molecule has 0 aliphatic carbocycles. The van der Waals surface area contributed by atoms with Gasteiger partial charge >= 0.3 is 12.4 Å². The van der Waals surface area contributed by atoms with Crippen molar-refractivity contribution >= 4 is 17.5 Å². The minimum atomic E-state index is -5.03. The zero-order valence-corrected chi connectivity index (χ0v) is 20.2. The van der Waals surface area contributed by atoms with E-state index in [1.807, 2.05) is 30.3 Å². The molecule has 0 saturated carbocycles. The molecule has 1 amide bonds. The molecule has 10 heteroatoms. The average molecular weight is 541 g/mol. The first kappa shape index (κ1) is 27.0. The van der Waals surface area contributed by atoms with Crippen molar-refractivity contribution in [1.82, 2.24) is 9.80 Å². The molecular weight excluding hydrogens is 518 g/mol. The van der Waals surface area contributed by atoms with Crippen molar-refractivity contribution in [1.29, 1.82) is 0 Å². The second kappa shape index (κ2) is 10.8. The first-order valence-electron chi connectivity index (χ1n) is 11.5. The molecule has 1 aliphatic rings. The maximum atomic E-state index is 13.4. The summed E-state index contributed by atoms with van der Waals surface area (Å²) in [5.41, 5.74) is -1.76. The van der Waals surface area contributed by atoms with E-state index in [1.54, 1.807) is 24.3 Å². The van der Waals surface area contributed by atoms with Gasteiger partial charge in [-0.3, -0.25) is 9.69 Å². The molecule has 0 aromatic heterocycles. The van der Waals surface area contributed by atoms with Crippen molar-refractivity contribution in [2.45, 2.75) is 31.4 Å². The lowest BCUT2D eigenvalue weighted by atomic mass is 9.99. The van der Waals surface area contributed by atoms with Crippen LogP contribution < -0.4 is 0 Å². The summed E-state index contributed by atoms with van der Waals surface area (Å²) in [6.07, 6.45) is -9.71. The van der Waals surface area contributed by atoms with Crippen molar-refractivity contribution in [2.24, 2.45) is 0 Å². The highest BCUT2D eigenvalue weighted by Crippen LogP contribution is 2.37. The van der Waals surface area contributed by atoms with Gasteiger partial charge in [-0.2, -0.15) is 26.3 Å². The van der Waals surface area contributed by atoms with Gasteiger partial charge in [0.2, 0.25) is 0 Å². The van der Waals surface area contributed by atoms with Gasteiger partial charge in [0.1, 0.15) is 0 Å². The maximum Gasteiger partial charge on any atom is 0.416 e. The van der Waals surface area contributed by atoms with Crippen LogP contribution in [-0.2, 0) is 25.3 Å². The fourth-order valence-corrected chi connectivity index (χ4v) is 4.61. The van der Waals surface area contributed by atoms with E-state index in [4.69, 9.17) is 11.6 Å². The van der Waals surface area contributed by atoms with Crippen LogP contribution in [-0.4, -0.2) is 41.4 Å². The topological polar surface area (TPSA) is 23.6 Å². The molecule has 196 valence electrons. The monoisotopic (exact) mass is 540 g/mol. The highest BCUT2D eigenvalue weighted by molar-refractivity contribution is 6.30. The molecule has 0 unspecified atom stereocenters. The molecule has 3 aromatic carbocycles. The summed E-state index contributed by atoms with van der Waals surface area (Å²) in [4.78, 5) is 16.9. The van der Waals surface area contributed by atoms with Gasteiger partial charge in [0.15, 0.2) is 0 Å². The summed E-state index contributed by atoms with van der Waals surface area (Å²) >= 11 is 5.97. The number of carbonyl (C=O) groups is 1. The van der Waals surface area contributed by atoms with Crippen LogP contribution in [0.25, 0.3) is 0 Å². The van der Waals surface area contributed by atoms with Crippen LogP contribution in [0.1, 0.15) is 32.6 Å². The third kappa shape index (κ3) is 6.84. The van der Waals surface area contributed by atoms with Gasteiger partial charge in [-0.25, -0.2) is 0 Å². The maximum absolute atomic E-state index is 13.4. The third-order valence-electron chi connectivity index (χ3n) is 6.30. The van der Waals surface area contributed by atoms with Crippen molar-refractivity contribution in [3.05, 3.63) is 106 Å². The van der Waals surface area contributed by atoms with E-state index in [1.165, 1.54) is 4.90 Å². The Morgan fingerprint density at radius 1 is 0.811 bits per heavy atom. The Balaban J connectivity index is 1.65. The minimum Gasteiger partial charge on any atom is -0.333 e. The Morgan fingerprint density at radius 2 is 1.41 bits per heavy atom. The number of piperazine rings is 1. The summed E-state index contributed by atoms with van der Waals surface area (Å²) in [5.74, 6) is -0.866. The average Bonchev–Trinajstić information content (AvgIpc) is 2.84. The number of hydrogen-bond acceptors (Lipinski definition) is 2. The van der Waals surface area contributed by atoms with Crippen molar-refractivity contribution in [3.8, 4) is 0 Å². The number of hydrogen-bond donors (Lipinski definition) is 0. The lowest BCUT2D eigenvalue weighted by Crippen LogP contribution is -2.55. The fourth-order valence-electron chi connectivity index (χ4n) is 4.48. The summed E-state index contributed by atoms with van der Waals surface area (Å²) in [5, 5.41) is 0.523. The number of halogens is 7. The van der Waals surface area contributed by atoms with Gasteiger partial charge in [-0.05, 0) is 47.9 Å². The molecule has 3 nitrogen and oxygen atoms in total. The predicted molar refractivity (Wildman–Crippen MR) is 128 cm³/mol. The number of benzene rings is 3. The summed E-state index contributed by atoms with van der Waals surface area (Å²) < 4.78 is 80.3. The number of rotatable bonds is 5. The molecule has 0 bridgehead atoms. The van der Waals surface area contributed by atoms with Crippen LogP contribution in [0.5, 0.6) is 0 Å². The number of carbonyl (C=O) groups excluding carboxylic acids is 1. The lowest BCUT2D eigenvalue weighted by molar-refractivity contribution is -0.143. The molecule has 0 spiro atoms. The SMILES string of the molecule is O=C(c1cc(C(F)(F)F)cc(C(F)(F)F)c1)N1CCN(Cc2ccccc2)C[C@H]1Cc1ccc(Cl)cc1. The van der Waals surface area contributed by atoms with Crippen molar-refractivity contribution in [3.63, 3.8) is 0 Å². The summed E-state index contributed by atoms with van der Waals surface area (Å²) in [7, 11) is 0. The third-order valence-corrected chi connectivity index (χ3v) is 6.55. The fraction of sp³-hybridized carbons (Fsp3) is 0.296. The molecule has 1 saturated heterocycles. The molecular formula is C27H23ClF6N2O. The molecule has 3 aromatic rings. The Labute approximate surface area is 215 Å². The van der Waals surface area contributed by atoms with Crippen LogP contribution in [0.15, 0.2) is 72.8 Å². The van der Waals surface area contributed by atoms with Crippen LogP contribution >= 0.6 is 11.6 Å². The highest BCUT2D eigenvalue weighted by atomic mass is 35.5. The molecule has 1 heterocycles. The zero-order chi connectivity index (χ0) is 26.8. The lowest BCUT2D eigenvalue weighted by Gasteiger charge is -2.42. The minimum absolute atomic E-state index is 0.0276. The Hall–Kier alpha value is -3.04. The molecule has 0 radical (unpaired) electrons. The quantitative estimate of drug-likeness (QED) is 0.327. The van der Waals surface area contributed by atoms with Crippen LogP contribution in [0.3, 0.4) is 0 Å². The van der Waals surface area contributed by atoms with Crippen molar-refractivity contribution in [2.75, 3.05) is 19.6 Å². The molecule has 4 rings (SSSR count). The first-order valence-corrected chi connectivity index (χ1v) is 11.9. The van der Waals surface area contributed by atoms with Crippen molar-refractivity contribution < 1.29 is 31.1 Å². The van der Waals surface area contributed by atoms with E-state index in [9.17, 15) is 31.1 Å². The molecule has 1 aliphatic heterocycles. The van der Waals surface area contributed by atoms with Gasteiger partial charge in [0, 0.05) is 42.8 Å². The van der Waals surface area contributed by atoms with E-state index in [-0.39, 0.29) is 12.6 Å². The van der Waals surface area contributed by atoms with E-state index in [0.717, 1.165) is 11.1 Å². The first-order chi connectivity index (χ1) is 17.4. The van der Waals surface area contributed by atoms with Gasteiger partial charge in [-0.15, -0.1) is 0 Å². The second-order valence-corrected chi connectivity index (χ2v) is 9.43. The van der Waals surface area contributed by atoms with Gasteiger partial charge < -0.3 is 4.90 Å². The van der Waals surface area contributed by atoms with E-state index in [0.29, 0.717) is 43.2 Å². The Morgan fingerprint density at radius 3 is 1.97 bits per heavy atom. The van der Waals surface area contributed by atoms with Gasteiger partial charge in [-0.1, -0.05) is 54.1 Å². The molecule has 1 atom stereocenters. The summed E-state index contributed by atoms with van der Waals surface area (Å²) in [6, 6.07) is 17.1. The standard InChI is InChI=1S/C27H23ClF6N2O/c28-23-8-6-18(7-9-23)12-24-17-35(16-19-4-2-1-3-5-19)10-11-36(24)25(37)20-13-21(26(29,30)31)15-22(14-20)27(32,33)34/h1-9,13-15,24H,10-12,16-17H2/t24-/m1/s1. The zero-order valence-electron chi connectivity index (χ0n) is 19.5. The molecule has 0 N–H and O–H groups in total. The predicted octanol–water partition coefficient (Wildman–Crippen LogP) is 6.95. The van der Waals surface area contributed by atoms with Crippen LogP contribution in [0, 0.1) is 0 Å². The molecule has 1 fully saturated rings. The largest absolute Gasteiger partial charge is 0.416 e. The Kier molecular flexibility index (Phi) is 7.85. The normalized spacial score (nSPS) is 17.2. The second-order valence-electron chi connectivity index (χ2n) is 9.00. The number of alkyl halides is 6. The summed E-state index contributed by atoms with van der Waals surface area (Å²) in [6.45, 7) is 1.57. The molecule has 37 heavy (non-hydrogen) atoms. The van der Waals surface area contributed by atoms with E-state index in [2.05, 4.69) is 4.90 Å².